The molecule has 0 aliphatic carbocycles. The first-order chi connectivity index (χ1) is 16.8. The number of halogens is 1. The van der Waals surface area contributed by atoms with Crippen LogP contribution in [0.2, 0.25) is 5.28 Å². The molecule has 18 heteroatoms. The highest BCUT2D eigenvalue weighted by molar-refractivity contribution is 7.70. The number of aliphatic hydroxyl groups is 3. The molecule has 7 atom stereocenters. The van der Waals surface area contributed by atoms with Gasteiger partial charge in [0.1, 0.15) is 18.3 Å². The first kappa shape index (κ1) is 26.4. The summed E-state index contributed by atoms with van der Waals surface area (Å²) in [6.45, 7) is -0.713. The molecular weight excluding hydrogens is 544 g/mol. The molecule has 5 rings (SSSR count). The molecule has 0 aromatic carbocycles. The van der Waals surface area contributed by atoms with Gasteiger partial charge in [-0.25, -0.2) is 4.98 Å². The van der Waals surface area contributed by atoms with Gasteiger partial charge in [0, 0.05) is 12.1 Å². The van der Waals surface area contributed by atoms with E-state index in [2.05, 4.69) is 19.9 Å². The Morgan fingerprint density at radius 2 is 1.75 bits per heavy atom. The van der Waals surface area contributed by atoms with E-state index in [-0.39, 0.29) is 29.1 Å². The summed E-state index contributed by atoms with van der Waals surface area (Å²) in [6, 6.07) is 0.133. The molecule has 2 bridgehead atoms. The lowest BCUT2D eigenvalue weighted by atomic mass is 10.00. The van der Waals surface area contributed by atoms with Gasteiger partial charge in [0.25, 0.3) is 0 Å². The molecular formula is C18H26ClN5O10P2. The second-order valence-corrected chi connectivity index (χ2v) is 13.7. The van der Waals surface area contributed by atoms with Gasteiger partial charge in [-0.05, 0) is 37.3 Å². The maximum atomic E-state index is 11.9. The van der Waals surface area contributed by atoms with E-state index in [1.54, 1.807) is 0 Å². The lowest BCUT2D eigenvalue weighted by molar-refractivity contribution is -0.0483. The molecule has 0 radical (unpaired) electrons. The largest absolute Gasteiger partial charge is 0.393 e. The molecule has 3 saturated heterocycles. The van der Waals surface area contributed by atoms with Crippen molar-refractivity contribution in [3.05, 3.63) is 11.6 Å². The van der Waals surface area contributed by atoms with Crippen molar-refractivity contribution >= 4 is 43.8 Å². The summed E-state index contributed by atoms with van der Waals surface area (Å²) >= 11 is 6.23. The molecule has 3 fully saturated rings. The molecule has 15 nitrogen and oxygen atoms in total. The standard InChI is InChI=1S/C18H26ClN5O10P2/c19-18-21-15-12(16(22-18)24-8-1-2-9(24)4-10(25)3-8)20-6-23(15)17-14(27)13(26)11(34-17)5-33-36(31,32)7-35(28,29)30/h6,8-11,13-14,17,25-27H,1-5,7H2,(H,31,32)(H2,28,29,30)/t8?,9?,10?,11-,13?,14?,17-/m1/s1. The van der Waals surface area contributed by atoms with Crippen molar-refractivity contribution in [1.29, 1.82) is 0 Å². The van der Waals surface area contributed by atoms with Crippen molar-refractivity contribution in [2.75, 3.05) is 17.4 Å². The van der Waals surface area contributed by atoms with Crippen molar-refractivity contribution < 1.29 is 48.4 Å². The minimum Gasteiger partial charge on any atom is -0.393 e. The van der Waals surface area contributed by atoms with Crippen LogP contribution in [0.4, 0.5) is 5.82 Å². The van der Waals surface area contributed by atoms with Crippen LogP contribution in [0.3, 0.4) is 0 Å². The zero-order chi connectivity index (χ0) is 26.0. The number of anilines is 1. The van der Waals surface area contributed by atoms with Gasteiger partial charge in [-0.2, -0.15) is 9.97 Å². The number of ether oxygens (including phenoxy) is 1. The van der Waals surface area contributed by atoms with Gasteiger partial charge in [0.05, 0.1) is 19.0 Å². The maximum absolute atomic E-state index is 11.9. The highest BCUT2D eigenvalue weighted by Gasteiger charge is 2.47. The molecule has 0 spiro atoms. The first-order valence-corrected chi connectivity index (χ1v) is 15.2. The van der Waals surface area contributed by atoms with Crippen molar-refractivity contribution in [3.63, 3.8) is 0 Å². The van der Waals surface area contributed by atoms with Gasteiger partial charge < -0.3 is 44.2 Å². The van der Waals surface area contributed by atoms with Crippen LogP contribution < -0.4 is 4.90 Å². The third-order valence-corrected chi connectivity index (χ3v) is 10.4. The molecule has 2 aromatic heterocycles. The fourth-order valence-corrected chi connectivity index (χ4v) is 8.03. The van der Waals surface area contributed by atoms with Gasteiger partial charge in [-0.1, -0.05) is 0 Å². The molecule has 5 unspecified atom stereocenters. The summed E-state index contributed by atoms with van der Waals surface area (Å²) in [5, 5.41) is 31.1. The number of imidazole rings is 1. The van der Waals surface area contributed by atoms with Crippen LogP contribution in [0, 0.1) is 0 Å². The Balaban J connectivity index is 1.39. The van der Waals surface area contributed by atoms with E-state index >= 15 is 0 Å². The van der Waals surface area contributed by atoms with Gasteiger partial charge >= 0.3 is 15.2 Å². The summed E-state index contributed by atoms with van der Waals surface area (Å²) in [5.74, 6) is -0.899. The molecule has 2 aromatic rings. The number of fused-ring (bicyclic) bond motifs is 3. The fourth-order valence-electron chi connectivity index (χ4n) is 5.30. The highest BCUT2D eigenvalue weighted by atomic mass is 35.5. The number of aliphatic hydroxyl groups excluding tert-OH is 3. The summed E-state index contributed by atoms with van der Waals surface area (Å²) in [5.41, 5.74) is 0.613. The Labute approximate surface area is 209 Å². The van der Waals surface area contributed by atoms with Gasteiger partial charge in [0.15, 0.2) is 29.1 Å². The number of nitrogens with zero attached hydrogens (tertiary/aromatic N) is 5. The second-order valence-electron chi connectivity index (χ2n) is 9.34. The van der Waals surface area contributed by atoms with E-state index in [1.165, 1.54) is 10.9 Å². The van der Waals surface area contributed by atoms with Gasteiger partial charge in [0.2, 0.25) is 5.28 Å². The van der Waals surface area contributed by atoms with E-state index in [9.17, 15) is 29.3 Å². The lowest BCUT2D eigenvalue weighted by Gasteiger charge is -2.38. The molecule has 200 valence electrons. The van der Waals surface area contributed by atoms with E-state index in [0.29, 0.717) is 24.2 Å². The summed E-state index contributed by atoms with van der Waals surface area (Å²) in [4.78, 5) is 42.7. The number of hydrogen-bond acceptors (Lipinski definition) is 11. The summed E-state index contributed by atoms with van der Waals surface area (Å²) < 4.78 is 34.7. The zero-order valence-corrected chi connectivity index (χ0v) is 21.2. The average Bonchev–Trinajstić information content (AvgIpc) is 3.38. The van der Waals surface area contributed by atoms with Crippen LogP contribution in [-0.2, 0) is 18.4 Å². The molecule has 6 N–H and O–H groups in total. The molecule has 0 amide bonds. The highest BCUT2D eigenvalue weighted by Crippen LogP contribution is 2.55. The predicted molar refractivity (Wildman–Crippen MR) is 123 cm³/mol. The normalized spacial score (nSPS) is 34.4. The third-order valence-electron chi connectivity index (χ3n) is 6.74. The van der Waals surface area contributed by atoms with Crippen LogP contribution in [0.5, 0.6) is 0 Å². The third kappa shape index (κ3) is 5.07. The van der Waals surface area contributed by atoms with Crippen molar-refractivity contribution in [1.82, 2.24) is 19.5 Å². The topological polar surface area (TPSA) is 221 Å². The molecule has 3 aliphatic heterocycles. The molecule has 36 heavy (non-hydrogen) atoms. The number of hydrogen-bond donors (Lipinski definition) is 6. The minimum absolute atomic E-state index is 0.0667. The Morgan fingerprint density at radius 3 is 2.39 bits per heavy atom. The van der Waals surface area contributed by atoms with Crippen LogP contribution >= 0.6 is 26.8 Å². The zero-order valence-electron chi connectivity index (χ0n) is 18.7. The number of rotatable bonds is 7. The monoisotopic (exact) mass is 569 g/mol. The SMILES string of the molecule is O=P(O)(O)CP(=O)(O)OC[C@H]1O[C@@H](n2cnc3c(N4C5CCC4CC(O)C5)nc(Cl)nc32)C(O)C1O. The van der Waals surface area contributed by atoms with E-state index in [0.717, 1.165) is 12.8 Å². The quantitative estimate of drug-likeness (QED) is 0.190. The first-order valence-electron chi connectivity index (χ1n) is 11.2. The Bertz CT molecular complexity index is 1230. The fraction of sp³-hybridized carbons (Fsp3) is 0.722. The van der Waals surface area contributed by atoms with Crippen LogP contribution in [0.25, 0.3) is 11.2 Å². The van der Waals surface area contributed by atoms with E-state index in [1.807, 2.05) is 0 Å². The van der Waals surface area contributed by atoms with Crippen molar-refractivity contribution in [2.24, 2.45) is 0 Å². The van der Waals surface area contributed by atoms with Crippen LogP contribution in [0.15, 0.2) is 6.33 Å². The number of piperidine rings is 1. The molecule has 5 heterocycles. The van der Waals surface area contributed by atoms with Crippen LogP contribution in [-0.4, -0.2) is 98.5 Å². The van der Waals surface area contributed by atoms with Crippen molar-refractivity contribution in [2.45, 2.75) is 68.4 Å². The van der Waals surface area contributed by atoms with Gasteiger partial charge in [-0.3, -0.25) is 13.7 Å². The second kappa shape index (κ2) is 9.51. The van der Waals surface area contributed by atoms with E-state index in [4.69, 9.17) is 30.6 Å². The summed E-state index contributed by atoms with van der Waals surface area (Å²) in [7, 11) is -9.52. The summed E-state index contributed by atoms with van der Waals surface area (Å²) in [6.07, 6.45) is -1.68. The van der Waals surface area contributed by atoms with E-state index < -0.39 is 52.2 Å². The van der Waals surface area contributed by atoms with Crippen LogP contribution in [0.1, 0.15) is 31.9 Å². The Morgan fingerprint density at radius 1 is 1.08 bits per heavy atom. The maximum Gasteiger partial charge on any atom is 0.340 e. The Kier molecular flexibility index (Phi) is 6.97. The molecule has 0 saturated carbocycles. The average molecular weight is 570 g/mol. The smallest absolute Gasteiger partial charge is 0.340 e. The molecule has 3 aliphatic rings. The predicted octanol–water partition coefficient (Wildman–Crippen LogP) is -0.0718. The Hall–Kier alpha value is -1.22. The lowest BCUT2D eigenvalue weighted by Crippen LogP contribution is -2.45. The van der Waals surface area contributed by atoms with Gasteiger partial charge in [-0.15, -0.1) is 0 Å². The van der Waals surface area contributed by atoms with Crippen molar-refractivity contribution in [3.8, 4) is 0 Å². The number of aromatic nitrogens is 4. The minimum atomic E-state index is -4.83.